The van der Waals surface area contributed by atoms with E-state index in [0.29, 0.717) is 24.5 Å². The summed E-state index contributed by atoms with van der Waals surface area (Å²) in [6.07, 6.45) is 1.57. The summed E-state index contributed by atoms with van der Waals surface area (Å²) < 4.78 is 36.2. The van der Waals surface area contributed by atoms with Crippen molar-refractivity contribution in [2.75, 3.05) is 31.6 Å². The molecule has 2 aliphatic rings. The Morgan fingerprint density at radius 1 is 1.45 bits per heavy atom. The molecule has 166 valence electrons. The van der Waals surface area contributed by atoms with E-state index < -0.39 is 35.0 Å². The number of anilines is 1. The number of aromatic carboxylic acids is 1. The lowest BCUT2D eigenvalue weighted by molar-refractivity contribution is 0.0694. The van der Waals surface area contributed by atoms with Crippen LogP contribution >= 0.6 is 11.6 Å². The monoisotopic (exact) mass is 453 g/mol. The molecule has 31 heavy (non-hydrogen) atoms. The number of alkyl halides is 1. The van der Waals surface area contributed by atoms with Crippen molar-refractivity contribution in [3.8, 4) is 5.75 Å². The van der Waals surface area contributed by atoms with Crippen molar-refractivity contribution in [3.05, 3.63) is 44.5 Å². The third kappa shape index (κ3) is 3.65. The number of rotatable bonds is 5. The summed E-state index contributed by atoms with van der Waals surface area (Å²) in [5.41, 5.74) is 5.46. The zero-order valence-corrected chi connectivity index (χ0v) is 17.6. The Labute approximate surface area is 181 Å². The number of nitrogens with two attached hydrogens (primary N) is 1. The van der Waals surface area contributed by atoms with Gasteiger partial charge in [0, 0.05) is 37.3 Å². The van der Waals surface area contributed by atoms with Crippen LogP contribution in [0.2, 0.25) is 0 Å². The van der Waals surface area contributed by atoms with Crippen LogP contribution in [0.1, 0.15) is 35.7 Å². The fourth-order valence-corrected chi connectivity index (χ4v) is 4.37. The molecule has 2 aromatic rings. The average Bonchev–Trinajstić information content (AvgIpc) is 3.48. The number of ether oxygens (including phenoxy) is 1. The Hall–Kier alpha value is -2.65. The predicted molar refractivity (Wildman–Crippen MR) is 114 cm³/mol. The maximum Gasteiger partial charge on any atom is 0.341 e. The number of halogens is 3. The van der Waals surface area contributed by atoms with Crippen LogP contribution in [-0.4, -0.2) is 48.6 Å². The standard InChI is InChI=1S/C21H22ClF2N3O4/c1-31-20-17-11(19(28)12(21(29)30)9-27(17)16-6-14(16)23)5-15(24)18(20)26-4-2-3-10(8-26)13(22)7-25/h5,9,14,16H,2-4,6-8,25H2,1H3,(H,29,30)/b13-10-. The maximum atomic E-state index is 15.3. The molecule has 1 saturated heterocycles. The minimum atomic E-state index is -1.46. The molecule has 2 fully saturated rings. The quantitative estimate of drug-likeness (QED) is 0.721. The number of carbonyl (C=O) groups is 1. The lowest BCUT2D eigenvalue weighted by Gasteiger charge is -2.33. The summed E-state index contributed by atoms with van der Waals surface area (Å²) >= 11 is 6.22. The second kappa shape index (κ2) is 8.12. The zero-order chi connectivity index (χ0) is 22.4. The van der Waals surface area contributed by atoms with Gasteiger partial charge in [0.15, 0.2) is 11.6 Å². The van der Waals surface area contributed by atoms with E-state index in [4.69, 9.17) is 22.1 Å². The molecule has 10 heteroatoms. The van der Waals surface area contributed by atoms with Crippen molar-refractivity contribution in [1.29, 1.82) is 0 Å². The Morgan fingerprint density at radius 3 is 2.74 bits per heavy atom. The van der Waals surface area contributed by atoms with Crippen LogP contribution in [0, 0.1) is 5.82 Å². The highest BCUT2D eigenvalue weighted by atomic mass is 35.5. The molecular weight excluding hydrogens is 432 g/mol. The van der Waals surface area contributed by atoms with Crippen molar-refractivity contribution in [2.24, 2.45) is 5.73 Å². The van der Waals surface area contributed by atoms with E-state index in [0.717, 1.165) is 24.3 Å². The van der Waals surface area contributed by atoms with Gasteiger partial charge in [-0.2, -0.15) is 0 Å². The molecule has 1 aromatic heterocycles. The Morgan fingerprint density at radius 2 is 2.16 bits per heavy atom. The van der Waals surface area contributed by atoms with Crippen molar-refractivity contribution < 1.29 is 23.4 Å². The van der Waals surface area contributed by atoms with E-state index in [9.17, 15) is 19.1 Å². The topological polar surface area (TPSA) is 97.8 Å². The number of benzene rings is 1. The van der Waals surface area contributed by atoms with Gasteiger partial charge in [-0.15, -0.1) is 0 Å². The minimum Gasteiger partial charge on any atom is -0.492 e. The average molecular weight is 454 g/mol. The Bertz CT molecular complexity index is 1160. The molecule has 1 aliphatic carbocycles. The van der Waals surface area contributed by atoms with Crippen LogP contribution in [0.15, 0.2) is 27.7 Å². The van der Waals surface area contributed by atoms with Gasteiger partial charge >= 0.3 is 5.97 Å². The summed E-state index contributed by atoms with van der Waals surface area (Å²) in [5, 5.41) is 9.77. The number of hydrogen-bond acceptors (Lipinski definition) is 5. The lowest BCUT2D eigenvalue weighted by atomic mass is 10.0. The van der Waals surface area contributed by atoms with Crippen molar-refractivity contribution in [2.45, 2.75) is 31.5 Å². The van der Waals surface area contributed by atoms with Gasteiger partial charge in [-0.1, -0.05) is 11.6 Å². The molecule has 0 amide bonds. The van der Waals surface area contributed by atoms with Gasteiger partial charge in [-0.05, 0) is 24.5 Å². The van der Waals surface area contributed by atoms with E-state index in [2.05, 4.69) is 0 Å². The van der Waals surface area contributed by atoms with Crippen LogP contribution < -0.4 is 20.8 Å². The summed E-state index contributed by atoms with van der Waals surface area (Å²) in [6, 6.07) is 0.369. The number of carboxylic acid groups (broad SMARTS) is 1. The van der Waals surface area contributed by atoms with E-state index in [1.54, 1.807) is 4.90 Å². The first-order valence-electron chi connectivity index (χ1n) is 9.92. The smallest absolute Gasteiger partial charge is 0.341 e. The normalized spacial score (nSPS) is 22.5. The highest BCUT2D eigenvalue weighted by Crippen LogP contribution is 2.45. The molecule has 2 unspecified atom stereocenters. The van der Waals surface area contributed by atoms with Gasteiger partial charge in [0.25, 0.3) is 0 Å². The predicted octanol–water partition coefficient (Wildman–Crippen LogP) is 3.18. The van der Waals surface area contributed by atoms with Crippen LogP contribution in [0.3, 0.4) is 0 Å². The van der Waals surface area contributed by atoms with E-state index in [-0.39, 0.29) is 35.3 Å². The number of carboxylic acids is 1. The molecule has 0 spiro atoms. The molecule has 1 saturated carbocycles. The number of piperidine rings is 1. The first kappa shape index (κ1) is 21.6. The van der Waals surface area contributed by atoms with E-state index in [1.807, 2.05) is 0 Å². The number of methoxy groups -OCH3 is 1. The largest absolute Gasteiger partial charge is 0.492 e. The minimum absolute atomic E-state index is 0.0632. The van der Waals surface area contributed by atoms with E-state index >= 15 is 4.39 Å². The highest BCUT2D eigenvalue weighted by molar-refractivity contribution is 6.30. The summed E-state index contributed by atoms with van der Waals surface area (Å²) in [4.78, 5) is 26.1. The van der Waals surface area contributed by atoms with E-state index in [1.165, 1.54) is 11.7 Å². The molecule has 0 bridgehead atoms. The van der Waals surface area contributed by atoms with Crippen LogP contribution in [0.25, 0.3) is 10.9 Å². The fraction of sp³-hybridized carbons (Fsp3) is 0.429. The molecule has 4 rings (SSSR count). The molecule has 1 aromatic carbocycles. The zero-order valence-electron chi connectivity index (χ0n) is 16.8. The van der Waals surface area contributed by atoms with Gasteiger partial charge in [0.05, 0.1) is 24.1 Å². The van der Waals surface area contributed by atoms with Gasteiger partial charge in [0.1, 0.15) is 17.4 Å². The van der Waals surface area contributed by atoms with Gasteiger partial charge < -0.3 is 25.0 Å². The number of aromatic nitrogens is 1. The third-order valence-corrected chi connectivity index (χ3v) is 6.26. The van der Waals surface area contributed by atoms with Gasteiger partial charge in [-0.3, -0.25) is 4.79 Å². The Balaban J connectivity index is 1.98. The van der Waals surface area contributed by atoms with Crippen molar-refractivity contribution >= 4 is 34.2 Å². The summed E-state index contributed by atoms with van der Waals surface area (Å²) in [6.45, 7) is 1.03. The maximum absolute atomic E-state index is 15.3. The van der Waals surface area contributed by atoms with Crippen molar-refractivity contribution in [1.82, 2.24) is 4.57 Å². The highest BCUT2D eigenvalue weighted by Gasteiger charge is 2.41. The van der Waals surface area contributed by atoms with Crippen LogP contribution in [0.5, 0.6) is 5.75 Å². The molecule has 1 aliphatic heterocycles. The Kier molecular flexibility index (Phi) is 5.65. The fourth-order valence-electron chi connectivity index (χ4n) is 4.21. The second-order valence-electron chi connectivity index (χ2n) is 7.78. The van der Waals surface area contributed by atoms with Crippen LogP contribution in [0.4, 0.5) is 14.5 Å². The molecule has 2 heterocycles. The summed E-state index contributed by atoms with van der Waals surface area (Å²) in [7, 11) is 1.34. The SMILES string of the molecule is COc1c(N2CCC/C(=C(/Cl)CN)C2)c(F)cc2c(=O)c(C(=O)O)cn(C3CC3F)c12. The summed E-state index contributed by atoms with van der Waals surface area (Å²) in [5.74, 6) is -2.12. The van der Waals surface area contributed by atoms with Gasteiger partial charge in [0.2, 0.25) is 5.43 Å². The number of nitrogens with zero attached hydrogens (tertiary/aromatic N) is 2. The number of pyridine rings is 1. The number of fused-ring (bicyclic) bond motifs is 1. The second-order valence-corrected chi connectivity index (χ2v) is 8.23. The lowest BCUT2D eigenvalue weighted by Crippen LogP contribution is -2.33. The molecule has 3 N–H and O–H groups in total. The number of hydrogen-bond donors (Lipinski definition) is 2. The van der Waals surface area contributed by atoms with Gasteiger partial charge in [-0.25, -0.2) is 13.6 Å². The molecule has 0 radical (unpaired) electrons. The first-order valence-corrected chi connectivity index (χ1v) is 10.3. The van der Waals surface area contributed by atoms with Crippen molar-refractivity contribution in [3.63, 3.8) is 0 Å². The first-order chi connectivity index (χ1) is 14.8. The molecule has 7 nitrogen and oxygen atoms in total. The molecular formula is C21H22ClF2N3O4. The third-order valence-electron chi connectivity index (χ3n) is 5.84. The van der Waals surface area contributed by atoms with Crippen LogP contribution in [-0.2, 0) is 0 Å². The molecule has 2 atom stereocenters.